The maximum absolute atomic E-state index is 11.5. The van der Waals surface area contributed by atoms with Crippen LogP contribution in [0.5, 0.6) is 5.75 Å². The zero-order chi connectivity index (χ0) is 29.1. The average Bonchev–Trinajstić information content (AvgIpc) is 3.50. The van der Waals surface area contributed by atoms with E-state index in [4.69, 9.17) is 37.6 Å². The van der Waals surface area contributed by atoms with Gasteiger partial charge in [0.2, 0.25) is 0 Å². The Labute approximate surface area is 251 Å². The molecule has 0 bridgehead atoms. The van der Waals surface area contributed by atoms with Gasteiger partial charge in [0.25, 0.3) is 0 Å². The number of nitrogens with zero attached hydrogens (tertiary/aromatic N) is 3. The number of hydrogen-bond acceptors (Lipinski definition) is 5. The first-order chi connectivity index (χ1) is 19.6. The molecule has 0 amide bonds. The fourth-order valence-electron chi connectivity index (χ4n) is 5.99. The molecule has 2 heterocycles. The van der Waals surface area contributed by atoms with Crippen LogP contribution in [0.15, 0.2) is 47.0 Å². The Morgan fingerprint density at radius 1 is 1.05 bits per heavy atom. The lowest BCUT2D eigenvalue weighted by Crippen LogP contribution is -2.41. The number of benzene rings is 2. The molecule has 2 aromatic heterocycles. The quantitative estimate of drug-likeness (QED) is 0.209. The highest BCUT2D eigenvalue weighted by Crippen LogP contribution is 2.53. The van der Waals surface area contributed by atoms with E-state index in [1.165, 1.54) is 5.69 Å². The molecule has 0 radical (unpaired) electrons. The Bertz CT molecular complexity index is 1560. The summed E-state index contributed by atoms with van der Waals surface area (Å²) >= 11 is 13.3. The van der Waals surface area contributed by atoms with Gasteiger partial charge in [0.1, 0.15) is 23.8 Å². The van der Waals surface area contributed by atoms with Crippen molar-refractivity contribution in [3.8, 4) is 17.0 Å². The predicted molar refractivity (Wildman–Crippen MR) is 162 cm³/mol. The highest BCUT2D eigenvalue weighted by molar-refractivity contribution is 6.33. The lowest BCUT2D eigenvalue weighted by atomic mass is 9.66. The van der Waals surface area contributed by atoms with Gasteiger partial charge in [0, 0.05) is 34.7 Å². The van der Waals surface area contributed by atoms with Crippen LogP contribution in [0.4, 0.5) is 0 Å². The van der Waals surface area contributed by atoms with Gasteiger partial charge in [-0.15, -0.1) is 0 Å². The van der Waals surface area contributed by atoms with Crippen molar-refractivity contribution >= 4 is 23.2 Å². The molecule has 2 fully saturated rings. The monoisotopic (exact) mass is 593 g/mol. The van der Waals surface area contributed by atoms with Crippen molar-refractivity contribution in [3.05, 3.63) is 86.3 Å². The minimum Gasteiger partial charge on any atom is -0.489 e. The molecule has 0 aliphatic heterocycles. The molecule has 8 heteroatoms. The third-order valence-electron chi connectivity index (χ3n) is 8.50. The van der Waals surface area contributed by atoms with Gasteiger partial charge in [0.05, 0.1) is 26.9 Å². The van der Waals surface area contributed by atoms with Gasteiger partial charge in [-0.2, -0.15) is 5.10 Å². The third kappa shape index (κ3) is 5.31. The van der Waals surface area contributed by atoms with Crippen LogP contribution in [0.2, 0.25) is 10.0 Å². The zero-order valence-corrected chi connectivity index (χ0v) is 25.8. The number of hydrogen-bond donors (Lipinski definition) is 1. The SMILES string of the molecule is Cc1cccc(Cl)c1-c1noc(C2CC2)c1COc1ccc(C2(O)CC(c3cc(C(C)C)nn3C(C)C)C2)c(Cl)c1. The summed E-state index contributed by atoms with van der Waals surface area (Å²) in [5.41, 5.74) is 5.60. The number of ether oxygens (including phenoxy) is 1. The van der Waals surface area contributed by atoms with E-state index in [1.807, 2.05) is 37.3 Å². The number of aryl methyl sites for hydroxylation is 1. The van der Waals surface area contributed by atoms with E-state index in [0.717, 1.165) is 52.2 Å². The number of aliphatic hydroxyl groups is 1. The molecule has 6 nitrogen and oxygen atoms in total. The van der Waals surface area contributed by atoms with Crippen LogP contribution in [-0.2, 0) is 12.2 Å². The van der Waals surface area contributed by atoms with Gasteiger partial charge in [-0.3, -0.25) is 4.68 Å². The van der Waals surface area contributed by atoms with Gasteiger partial charge in [-0.25, -0.2) is 0 Å². The highest BCUT2D eigenvalue weighted by atomic mass is 35.5. The first-order valence-electron chi connectivity index (χ1n) is 14.5. The van der Waals surface area contributed by atoms with Gasteiger partial charge in [-0.1, -0.05) is 60.4 Å². The topological polar surface area (TPSA) is 73.3 Å². The minimum atomic E-state index is -0.979. The second-order valence-corrected chi connectivity index (χ2v) is 13.1. The number of halogens is 2. The van der Waals surface area contributed by atoms with Gasteiger partial charge in [0.15, 0.2) is 0 Å². The van der Waals surface area contributed by atoms with E-state index in [9.17, 15) is 5.11 Å². The second-order valence-electron chi connectivity index (χ2n) is 12.3. The van der Waals surface area contributed by atoms with Crippen LogP contribution in [0.25, 0.3) is 11.3 Å². The molecule has 0 atom stereocenters. The van der Waals surface area contributed by atoms with E-state index < -0.39 is 5.60 Å². The van der Waals surface area contributed by atoms with E-state index >= 15 is 0 Å². The molecule has 1 N–H and O–H groups in total. The molecular formula is C33H37Cl2N3O3. The van der Waals surface area contributed by atoms with Crippen LogP contribution < -0.4 is 4.74 Å². The lowest BCUT2D eigenvalue weighted by molar-refractivity contribution is -0.0569. The highest BCUT2D eigenvalue weighted by Gasteiger charge is 2.47. The Balaban J connectivity index is 1.19. The molecule has 2 aliphatic rings. The molecule has 2 aliphatic carbocycles. The fraction of sp³-hybridized carbons (Fsp3) is 0.455. The van der Waals surface area contributed by atoms with Crippen LogP contribution in [0.3, 0.4) is 0 Å². The zero-order valence-electron chi connectivity index (χ0n) is 24.2. The van der Waals surface area contributed by atoms with Gasteiger partial charge >= 0.3 is 0 Å². The molecule has 41 heavy (non-hydrogen) atoms. The molecule has 0 saturated heterocycles. The summed E-state index contributed by atoms with van der Waals surface area (Å²) in [5, 5.41) is 21.9. The molecule has 4 aromatic rings. The lowest BCUT2D eigenvalue weighted by Gasteiger charge is -2.44. The summed E-state index contributed by atoms with van der Waals surface area (Å²) in [6.07, 6.45) is 3.38. The van der Waals surface area contributed by atoms with E-state index in [0.29, 0.717) is 40.5 Å². The van der Waals surface area contributed by atoms with Crippen LogP contribution in [0, 0.1) is 6.92 Å². The molecule has 216 valence electrons. The molecule has 0 spiro atoms. The summed E-state index contributed by atoms with van der Waals surface area (Å²) < 4.78 is 14.2. The Hall–Kier alpha value is -2.80. The molecule has 2 aromatic carbocycles. The van der Waals surface area contributed by atoms with Crippen molar-refractivity contribution < 1.29 is 14.4 Å². The number of rotatable bonds is 9. The van der Waals surface area contributed by atoms with E-state index in [2.05, 4.69) is 43.6 Å². The predicted octanol–water partition coefficient (Wildman–Crippen LogP) is 9.08. The third-order valence-corrected chi connectivity index (χ3v) is 9.13. The van der Waals surface area contributed by atoms with E-state index in [-0.39, 0.29) is 18.6 Å². The number of aromatic nitrogens is 3. The standard InChI is InChI=1S/C33H37Cl2N3O3/c1-18(2)28-14-29(38(36-28)19(3)4)22-15-33(39,16-22)25-12-11-23(13-27(25)35)40-17-24-31(37-41-32(24)21-9-10-21)30-20(5)7-6-8-26(30)34/h6-8,11-14,18-19,21-22,39H,9-10,15-17H2,1-5H3. The summed E-state index contributed by atoms with van der Waals surface area (Å²) in [7, 11) is 0. The maximum Gasteiger partial charge on any atom is 0.147 e. The van der Waals surface area contributed by atoms with Gasteiger partial charge in [-0.05, 0) is 82.2 Å². The van der Waals surface area contributed by atoms with Crippen LogP contribution in [-0.4, -0.2) is 20.0 Å². The van der Waals surface area contributed by atoms with Crippen molar-refractivity contribution in [1.29, 1.82) is 0 Å². The first kappa shape index (κ1) is 28.3. The summed E-state index contributed by atoms with van der Waals surface area (Å²) in [6.45, 7) is 10.9. The largest absolute Gasteiger partial charge is 0.489 e. The molecule has 6 rings (SSSR count). The normalized spacial score (nSPS) is 20.6. The van der Waals surface area contributed by atoms with Gasteiger partial charge < -0.3 is 14.4 Å². The Kier molecular flexibility index (Phi) is 7.46. The van der Waals surface area contributed by atoms with Crippen LogP contribution >= 0.6 is 23.2 Å². The Morgan fingerprint density at radius 2 is 1.80 bits per heavy atom. The summed E-state index contributed by atoms with van der Waals surface area (Å²) in [5.74, 6) is 2.46. The Morgan fingerprint density at radius 3 is 2.44 bits per heavy atom. The van der Waals surface area contributed by atoms with Crippen molar-refractivity contribution in [2.45, 2.75) is 96.3 Å². The van der Waals surface area contributed by atoms with Crippen molar-refractivity contribution in [1.82, 2.24) is 14.9 Å². The fourth-order valence-corrected chi connectivity index (χ4v) is 6.65. The first-order valence-corrected chi connectivity index (χ1v) is 15.3. The second kappa shape index (κ2) is 10.8. The smallest absolute Gasteiger partial charge is 0.147 e. The van der Waals surface area contributed by atoms with E-state index in [1.54, 1.807) is 6.07 Å². The molecule has 0 unspecified atom stereocenters. The average molecular weight is 595 g/mol. The molecular weight excluding hydrogens is 557 g/mol. The van der Waals surface area contributed by atoms with Crippen LogP contribution in [0.1, 0.15) is 111 Å². The summed E-state index contributed by atoms with van der Waals surface area (Å²) in [6, 6.07) is 13.9. The van der Waals surface area contributed by atoms with Crippen molar-refractivity contribution in [2.24, 2.45) is 0 Å². The summed E-state index contributed by atoms with van der Waals surface area (Å²) in [4.78, 5) is 0. The minimum absolute atomic E-state index is 0.232. The van der Waals surface area contributed by atoms with Crippen molar-refractivity contribution in [3.63, 3.8) is 0 Å². The maximum atomic E-state index is 11.5. The van der Waals surface area contributed by atoms with Crippen molar-refractivity contribution in [2.75, 3.05) is 0 Å². The molecule has 2 saturated carbocycles.